The maximum Gasteiger partial charge on any atom is 0.257 e. The molecule has 1 amide bonds. The van der Waals surface area contributed by atoms with E-state index in [9.17, 15) is 13.2 Å². The van der Waals surface area contributed by atoms with E-state index in [2.05, 4.69) is 5.32 Å². The number of hydrogen-bond acceptors (Lipinski definition) is 5. The first kappa shape index (κ1) is 18.7. The molecule has 1 heterocycles. The number of sulfonamides is 1. The molecule has 0 aliphatic carbocycles. The van der Waals surface area contributed by atoms with Crippen molar-refractivity contribution in [3.8, 4) is 5.75 Å². The van der Waals surface area contributed by atoms with Crippen LogP contribution in [-0.2, 0) is 19.6 Å². The smallest absolute Gasteiger partial charge is 0.257 e. The Labute approximate surface area is 143 Å². The number of hydrogen-bond donors (Lipinski definition) is 1. The number of nitrogens with zero attached hydrogens (tertiary/aromatic N) is 1. The van der Waals surface area contributed by atoms with Crippen LogP contribution < -0.4 is 10.1 Å². The maximum atomic E-state index is 12.5. The van der Waals surface area contributed by atoms with Crippen LogP contribution in [0, 0.1) is 5.92 Å². The van der Waals surface area contributed by atoms with Gasteiger partial charge in [-0.05, 0) is 30.2 Å². The fourth-order valence-electron chi connectivity index (χ4n) is 2.16. The molecular formula is C16H24N2O5S. The van der Waals surface area contributed by atoms with Gasteiger partial charge in [0.15, 0.2) is 6.61 Å². The standard InChI is InChI=1S/C16H24N2O5S/c1-13(2)11-17-16(19)12-23-14-3-5-15(6-4-14)24(20,21)18-7-9-22-10-8-18/h3-6,13H,7-12H2,1-2H3,(H,17,19). The van der Waals surface area contributed by atoms with Gasteiger partial charge in [0, 0.05) is 19.6 Å². The molecule has 0 radical (unpaired) electrons. The van der Waals surface area contributed by atoms with Crippen molar-refractivity contribution in [3.63, 3.8) is 0 Å². The Hall–Kier alpha value is -1.64. The lowest BCUT2D eigenvalue weighted by molar-refractivity contribution is -0.123. The molecule has 1 aromatic carbocycles. The minimum Gasteiger partial charge on any atom is -0.484 e. The van der Waals surface area contributed by atoms with Gasteiger partial charge < -0.3 is 14.8 Å². The number of nitrogens with one attached hydrogen (secondary N) is 1. The predicted octanol–water partition coefficient (Wildman–Crippen LogP) is 0.859. The van der Waals surface area contributed by atoms with Crippen molar-refractivity contribution in [1.82, 2.24) is 9.62 Å². The van der Waals surface area contributed by atoms with Crippen LogP contribution >= 0.6 is 0 Å². The van der Waals surface area contributed by atoms with Crippen LogP contribution in [0.1, 0.15) is 13.8 Å². The molecule has 134 valence electrons. The molecule has 1 aliphatic heterocycles. The second-order valence-corrected chi connectivity index (χ2v) is 7.91. The van der Waals surface area contributed by atoms with E-state index in [1.165, 1.54) is 16.4 Å². The number of carbonyl (C=O) groups excluding carboxylic acids is 1. The van der Waals surface area contributed by atoms with E-state index in [1.807, 2.05) is 13.8 Å². The van der Waals surface area contributed by atoms with Gasteiger partial charge in [-0.2, -0.15) is 4.31 Å². The zero-order valence-electron chi connectivity index (χ0n) is 14.0. The van der Waals surface area contributed by atoms with E-state index in [0.717, 1.165) is 0 Å². The minimum atomic E-state index is -3.51. The first-order valence-electron chi connectivity index (χ1n) is 7.97. The fourth-order valence-corrected chi connectivity index (χ4v) is 3.57. The third-order valence-electron chi connectivity index (χ3n) is 3.51. The van der Waals surface area contributed by atoms with Crippen molar-refractivity contribution in [2.45, 2.75) is 18.7 Å². The Morgan fingerprint density at radius 3 is 2.46 bits per heavy atom. The number of carbonyl (C=O) groups is 1. The molecule has 1 N–H and O–H groups in total. The summed E-state index contributed by atoms with van der Waals surface area (Å²) in [5, 5.41) is 2.75. The highest BCUT2D eigenvalue weighted by Crippen LogP contribution is 2.20. The van der Waals surface area contributed by atoms with Crippen LogP contribution in [0.15, 0.2) is 29.2 Å². The monoisotopic (exact) mass is 356 g/mol. The second-order valence-electron chi connectivity index (χ2n) is 5.97. The summed E-state index contributed by atoms with van der Waals surface area (Å²) in [6, 6.07) is 6.10. The van der Waals surface area contributed by atoms with Crippen LogP contribution in [-0.4, -0.2) is 58.1 Å². The van der Waals surface area contributed by atoms with Gasteiger partial charge in [-0.25, -0.2) is 8.42 Å². The molecule has 0 aromatic heterocycles. The van der Waals surface area contributed by atoms with Gasteiger partial charge in [-0.15, -0.1) is 0 Å². The summed E-state index contributed by atoms with van der Waals surface area (Å²) in [5.74, 6) is 0.628. The maximum absolute atomic E-state index is 12.5. The molecular weight excluding hydrogens is 332 g/mol. The second kappa shape index (κ2) is 8.46. The topological polar surface area (TPSA) is 84.9 Å². The molecule has 8 heteroatoms. The van der Waals surface area contributed by atoms with E-state index < -0.39 is 10.0 Å². The first-order chi connectivity index (χ1) is 11.4. The third-order valence-corrected chi connectivity index (χ3v) is 5.42. The Balaban J connectivity index is 1.91. The zero-order chi connectivity index (χ0) is 17.6. The number of amides is 1. The molecule has 7 nitrogen and oxygen atoms in total. The summed E-state index contributed by atoms with van der Waals surface area (Å²) in [7, 11) is -3.51. The molecule has 0 atom stereocenters. The third kappa shape index (κ3) is 5.19. The lowest BCUT2D eigenvalue weighted by Gasteiger charge is -2.26. The van der Waals surface area contributed by atoms with Crippen molar-refractivity contribution < 1.29 is 22.7 Å². The summed E-state index contributed by atoms with van der Waals surface area (Å²) in [6.45, 7) is 6.05. The zero-order valence-corrected chi connectivity index (χ0v) is 14.8. The number of ether oxygens (including phenoxy) is 2. The molecule has 1 aromatic rings. The van der Waals surface area contributed by atoms with Crippen molar-refractivity contribution in [2.75, 3.05) is 39.5 Å². The highest BCUT2D eigenvalue weighted by Gasteiger charge is 2.26. The van der Waals surface area contributed by atoms with Gasteiger partial charge in [0.25, 0.3) is 5.91 Å². The average molecular weight is 356 g/mol. The molecule has 0 bridgehead atoms. The normalized spacial score (nSPS) is 16.1. The molecule has 0 saturated carbocycles. The van der Waals surface area contributed by atoms with Crippen molar-refractivity contribution in [3.05, 3.63) is 24.3 Å². The van der Waals surface area contributed by atoms with Gasteiger partial charge >= 0.3 is 0 Å². The van der Waals surface area contributed by atoms with E-state index >= 15 is 0 Å². The quantitative estimate of drug-likeness (QED) is 0.783. The summed E-state index contributed by atoms with van der Waals surface area (Å²) in [5.41, 5.74) is 0. The largest absolute Gasteiger partial charge is 0.484 e. The molecule has 2 rings (SSSR count). The van der Waals surface area contributed by atoms with E-state index in [4.69, 9.17) is 9.47 Å². The average Bonchev–Trinajstić information content (AvgIpc) is 2.59. The fraction of sp³-hybridized carbons (Fsp3) is 0.562. The van der Waals surface area contributed by atoms with Crippen LogP contribution in [0.25, 0.3) is 0 Å². The first-order valence-corrected chi connectivity index (χ1v) is 9.41. The van der Waals surface area contributed by atoms with Gasteiger partial charge in [0.05, 0.1) is 18.1 Å². The van der Waals surface area contributed by atoms with Crippen LogP contribution in [0.3, 0.4) is 0 Å². The predicted molar refractivity (Wildman–Crippen MR) is 89.4 cm³/mol. The van der Waals surface area contributed by atoms with Crippen LogP contribution in [0.5, 0.6) is 5.75 Å². The summed E-state index contributed by atoms with van der Waals surface area (Å²) in [4.78, 5) is 11.8. The Morgan fingerprint density at radius 1 is 1.25 bits per heavy atom. The Bertz CT molecular complexity index is 637. The lowest BCUT2D eigenvalue weighted by atomic mass is 10.2. The molecule has 24 heavy (non-hydrogen) atoms. The lowest BCUT2D eigenvalue weighted by Crippen LogP contribution is -2.40. The number of benzene rings is 1. The molecule has 0 unspecified atom stereocenters. The minimum absolute atomic E-state index is 0.0950. The van der Waals surface area contributed by atoms with Crippen molar-refractivity contribution >= 4 is 15.9 Å². The van der Waals surface area contributed by atoms with Gasteiger partial charge in [0.2, 0.25) is 10.0 Å². The number of rotatable bonds is 7. The molecule has 1 aliphatic rings. The summed E-state index contributed by atoms with van der Waals surface area (Å²) >= 11 is 0. The van der Waals surface area contributed by atoms with Gasteiger partial charge in [-0.1, -0.05) is 13.8 Å². The van der Waals surface area contributed by atoms with Crippen molar-refractivity contribution in [1.29, 1.82) is 0 Å². The van der Waals surface area contributed by atoms with Gasteiger partial charge in [0.1, 0.15) is 5.75 Å². The SMILES string of the molecule is CC(C)CNC(=O)COc1ccc(S(=O)(=O)N2CCOCC2)cc1. The Morgan fingerprint density at radius 2 is 1.88 bits per heavy atom. The van der Waals surface area contributed by atoms with E-state index in [0.29, 0.717) is 44.5 Å². The van der Waals surface area contributed by atoms with Gasteiger partial charge in [-0.3, -0.25) is 4.79 Å². The van der Waals surface area contributed by atoms with Crippen molar-refractivity contribution in [2.24, 2.45) is 5.92 Å². The van der Waals surface area contributed by atoms with E-state index in [-0.39, 0.29) is 17.4 Å². The molecule has 1 saturated heterocycles. The van der Waals surface area contributed by atoms with Crippen LogP contribution in [0.2, 0.25) is 0 Å². The van der Waals surface area contributed by atoms with E-state index in [1.54, 1.807) is 12.1 Å². The number of morpholine rings is 1. The van der Waals surface area contributed by atoms with Crippen LogP contribution in [0.4, 0.5) is 0 Å². The summed E-state index contributed by atoms with van der Waals surface area (Å²) < 4.78 is 36.9. The highest BCUT2D eigenvalue weighted by molar-refractivity contribution is 7.89. The summed E-state index contributed by atoms with van der Waals surface area (Å²) in [6.07, 6.45) is 0. The molecule has 1 fully saturated rings. The molecule has 0 spiro atoms. The highest BCUT2D eigenvalue weighted by atomic mass is 32.2. The Kier molecular flexibility index (Phi) is 6.59.